The van der Waals surface area contributed by atoms with E-state index in [4.69, 9.17) is 9.26 Å². The Bertz CT molecular complexity index is 208. The smallest absolute Gasteiger partial charge is 0.324 e. The van der Waals surface area contributed by atoms with Gasteiger partial charge in [0.05, 0.1) is 12.2 Å². The van der Waals surface area contributed by atoms with Crippen LogP contribution in [0.3, 0.4) is 0 Å². The minimum atomic E-state index is -3.00. The predicted octanol–water partition coefficient (Wildman–Crippen LogP) is 2.07. The molecule has 1 atom stereocenters. The lowest BCUT2D eigenvalue weighted by atomic mass is 10.1. The average Bonchev–Trinajstić information content (AvgIpc) is 2.03. The van der Waals surface area contributed by atoms with Crippen LogP contribution in [-0.4, -0.2) is 30.8 Å². The summed E-state index contributed by atoms with van der Waals surface area (Å²) in [5.41, 5.74) is -0.252. The summed E-state index contributed by atoms with van der Waals surface area (Å²) < 4.78 is 15.1. The molecule has 0 aromatic carbocycles. The van der Waals surface area contributed by atoms with Gasteiger partial charge in [-0.05, 0) is 39.0 Å². The van der Waals surface area contributed by atoms with Crippen LogP contribution in [0.2, 0.25) is 0 Å². The van der Waals surface area contributed by atoms with Gasteiger partial charge in [0, 0.05) is 13.7 Å². The highest BCUT2D eigenvalue weighted by Crippen LogP contribution is 2.42. The Morgan fingerprint density at radius 2 is 2.00 bits per heavy atom. The van der Waals surface area contributed by atoms with Crippen LogP contribution in [0.1, 0.15) is 27.2 Å². The first-order chi connectivity index (χ1) is 6.33. The van der Waals surface area contributed by atoms with E-state index in [-0.39, 0.29) is 5.60 Å². The summed E-state index contributed by atoms with van der Waals surface area (Å²) >= 11 is 4.68. The Kier molecular flexibility index (Phi) is 6.37. The van der Waals surface area contributed by atoms with E-state index in [0.29, 0.717) is 19.6 Å². The van der Waals surface area contributed by atoms with Crippen molar-refractivity contribution in [2.45, 2.75) is 32.8 Å². The topological polar surface area (TPSA) is 47.9 Å². The Morgan fingerprint density at radius 1 is 1.43 bits per heavy atom. The average molecular weight is 242 g/mol. The fraction of sp³-hybridized carbons (Fsp3) is 1.00. The molecule has 1 N–H and O–H groups in total. The van der Waals surface area contributed by atoms with Crippen molar-refractivity contribution in [3.05, 3.63) is 0 Å². The molecule has 0 radical (unpaired) electrons. The van der Waals surface area contributed by atoms with E-state index in [1.54, 1.807) is 0 Å². The highest BCUT2D eigenvalue weighted by molar-refractivity contribution is 8.07. The molecule has 0 saturated heterocycles. The van der Waals surface area contributed by atoms with E-state index >= 15 is 0 Å². The molecule has 86 valence electrons. The Morgan fingerprint density at radius 3 is 2.43 bits per heavy atom. The number of hydrogen-bond acceptors (Lipinski definition) is 4. The Hall–Kier alpha value is 0.490. The summed E-state index contributed by atoms with van der Waals surface area (Å²) in [5.74, 6) is 0. The molecule has 0 aliphatic heterocycles. The van der Waals surface area contributed by atoms with Crippen LogP contribution in [0, 0.1) is 0 Å². The number of ether oxygens (including phenoxy) is 1. The first-order valence-electron chi connectivity index (χ1n) is 4.50. The fourth-order valence-corrected chi connectivity index (χ4v) is 1.57. The summed E-state index contributed by atoms with van der Waals surface area (Å²) in [7, 11) is 1.34. The first kappa shape index (κ1) is 14.5. The quantitative estimate of drug-likeness (QED) is 0.692. The lowest BCUT2D eigenvalue weighted by molar-refractivity contribution is -0.0247. The summed E-state index contributed by atoms with van der Waals surface area (Å²) in [6, 6.07) is 0. The van der Waals surface area contributed by atoms with E-state index in [1.165, 1.54) is 7.11 Å². The maximum absolute atomic E-state index is 9.29. The van der Waals surface area contributed by atoms with Gasteiger partial charge in [0.15, 0.2) is 0 Å². The fourth-order valence-electron chi connectivity index (χ4n) is 0.922. The zero-order valence-corrected chi connectivity index (χ0v) is 10.9. The maximum atomic E-state index is 9.29. The molecule has 0 aliphatic carbocycles. The van der Waals surface area contributed by atoms with Gasteiger partial charge >= 0.3 is 6.72 Å². The first-order valence-corrected chi connectivity index (χ1v) is 7.09. The molecule has 0 saturated carbocycles. The minimum absolute atomic E-state index is 0.252. The van der Waals surface area contributed by atoms with E-state index < -0.39 is 6.72 Å². The van der Waals surface area contributed by atoms with E-state index in [2.05, 4.69) is 16.3 Å². The molecule has 0 amide bonds. The van der Waals surface area contributed by atoms with Crippen molar-refractivity contribution in [2.75, 3.05) is 20.3 Å². The van der Waals surface area contributed by atoms with Crippen molar-refractivity contribution < 1.29 is 18.7 Å². The number of hydrogen-bond donors (Lipinski definition) is 1. The summed E-state index contributed by atoms with van der Waals surface area (Å²) in [5, 5.41) is 0. The van der Waals surface area contributed by atoms with Crippen molar-refractivity contribution >= 4 is 18.5 Å². The molecular weight excluding hydrogens is 223 g/mol. The molecule has 0 aliphatic rings. The molecule has 14 heavy (non-hydrogen) atoms. The molecule has 0 aromatic heterocycles. The third kappa shape index (κ3) is 6.87. The summed E-state index contributed by atoms with van der Waals surface area (Å²) in [4.78, 5) is 9.29. The highest BCUT2D eigenvalue weighted by atomic mass is 32.5. The molecule has 0 spiro atoms. The molecular formula is C8H19O4PS. The molecule has 0 heterocycles. The second-order valence-corrected chi connectivity index (χ2v) is 6.37. The van der Waals surface area contributed by atoms with Crippen molar-refractivity contribution in [3.63, 3.8) is 0 Å². The molecule has 4 nitrogen and oxygen atoms in total. The highest BCUT2D eigenvalue weighted by Gasteiger charge is 2.20. The zero-order chi connectivity index (χ0) is 11.2. The molecule has 0 bridgehead atoms. The van der Waals surface area contributed by atoms with Crippen LogP contribution < -0.4 is 0 Å². The van der Waals surface area contributed by atoms with Gasteiger partial charge in [-0.25, -0.2) is 0 Å². The van der Waals surface area contributed by atoms with Crippen molar-refractivity contribution in [1.82, 2.24) is 0 Å². The SMILES string of the molecule is CCOC(C)(C)CCOP(O)(=S)OC. The summed E-state index contributed by atoms with van der Waals surface area (Å²) in [6.07, 6.45) is 0.670. The van der Waals surface area contributed by atoms with Gasteiger partial charge in [0.2, 0.25) is 0 Å². The normalized spacial score (nSPS) is 16.6. The van der Waals surface area contributed by atoms with Crippen LogP contribution in [0.5, 0.6) is 0 Å². The van der Waals surface area contributed by atoms with Crippen LogP contribution >= 0.6 is 6.72 Å². The predicted molar refractivity (Wildman–Crippen MR) is 59.8 cm³/mol. The van der Waals surface area contributed by atoms with Gasteiger partial charge < -0.3 is 18.7 Å². The summed E-state index contributed by atoms with van der Waals surface area (Å²) in [6.45, 7) is 3.87. The maximum Gasteiger partial charge on any atom is 0.324 e. The molecule has 0 rings (SSSR count). The van der Waals surface area contributed by atoms with Crippen LogP contribution in [0.25, 0.3) is 0 Å². The lowest BCUT2D eigenvalue weighted by Crippen LogP contribution is -2.26. The Labute approximate surface area is 90.8 Å². The van der Waals surface area contributed by atoms with Gasteiger partial charge in [0.25, 0.3) is 0 Å². The van der Waals surface area contributed by atoms with Gasteiger partial charge in [-0.2, -0.15) is 0 Å². The van der Waals surface area contributed by atoms with Crippen LogP contribution in [0.4, 0.5) is 0 Å². The lowest BCUT2D eigenvalue weighted by Gasteiger charge is -2.25. The third-order valence-electron chi connectivity index (χ3n) is 1.72. The van der Waals surface area contributed by atoms with Crippen LogP contribution in [0.15, 0.2) is 0 Å². The largest absolute Gasteiger partial charge is 0.376 e. The van der Waals surface area contributed by atoms with Crippen molar-refractivity contribution in [3.8, 4) is 0 Å². The van der Waals surface area contributed by atoms with E-state index in [9.17, 15) is 4.89 Å². The van der Waals surface area contributed by atoms with Gasteiger partial charge in [-0.15, -0.1) is 0 Å². The molecule has 0 fully saturated rings. The monoisotopic (exact) mass is 242 g/mol. The molecule has 0 aromatic rings. The molecule has 1 unspecified atom stereocenters. The minimum Gasteiger partial charge on any atom is -0.376 e. The second-order valence-electron chi connectivity index (χ2n) is 3.43. The zero-order valence-electron chi connectivity index (χ0n) is 9.15. The van der Waals surface area contributed by atoms with Crippen molar-refractivity contribution in [2.24, 2.45) is 0 Å². The van der Waals surface area contributed by atoms with Crippen molar-refractivity contribution in [1.29, 1.82) is 0 Å². The van der Waals surface area contributed by atoms with E-state index in [0.717, 1.165) is 0 Å². The van der Waals surface area contributed by atoms with Crippen LogP contribution in [-0.2, 0) is 25.6 Å². The van der Waals surface area contributed by atoms with E-state index in [1.807, 2.05) is 20.8 Å². The third-order valence-corrected chi connectivity index (χ3v) is 3.46. The standard InChI is InChI=1S/C8H19O4PS/c1-5-11-8(2,3)6-7-12-13(9,14)10-4/h5-7H2,1-4H3,(H,9,14). The van der Waals surface area contributed by atoms with Gasteiger partial charge in [-0.1, -0.05) is 0 Å². The number of rotatable bonds is 7. The Balaban J connectivity index is 3.79. The molecule has 6 heteroatoms. The second kappa shape index (κ2) is 6.16. The van der Waals surface area contributed by atoms with Gasteiger partial charge in [-0.3, -0.25) is 0 Å². The van der Waals surface area contributed by atoms with Gasteiger partial charge in [0.1, 0.15) is 0 Å².